The van der Waals surface area contributed by atoms with E-state index in [0.717, 1.165) is 18.2 Å². The smallest absolute Gasteiger partial charge is 0.379 e. The van der Waals surface area contributed by atoms with Crippen molar-refractivity contribution in [1.29, 1.82) is 0 Å². The zero-order valence-corrected chi connectivity index (χ0v) is 32.6. The van der Waals surface area contributed by atoms with E-state index in [2.05, 4.69) is 5.32 Å². The topological polar surface area (TPSA) is 151 Å². The molecule has 4 aromatic carbocycles. The van der Waals surface area contributed by atoms with Gasteiger partial charge in [-0.25, -0.2) is 4.79 Å². The van der Waals surface area contributed by atoms with Crippen LogP contribution in [0.15, 0.2) is 121 Å². The molecule has 2 amide bonds. The van der Waals surface area contributed by atoms with E-state index in [1.54, 1.807) is 68.4 Å². The first-order valence-electron chi connectivity index (χ1n) is 19.0. The number of carbonyl (C=O) groups excluding carboxylic acids is 3. The molecule has 0 aromatic heterocycles. The summed E-state index contributed by atoms with van der Waals surface area (Å²) in [4.78, 5) is 38.7. The zero-order chi connectivity index (χ0) is 41.5. The number of aliphatic hydroxyl groups is 1. The van der Waals surface area contributed by atoms with Gasteiger partial charge in [0.05, 0.1) is 40.1 Å². The van der Waals surface area contributed by atoms with E-state index in [1.807, 2.05) is 72.0 Å². The van der Waals surface area contributed by atoms with Crippen LogP contribution in [0.3, 0.4) is 0 Å². The number of ether oxygens (including phenoxy) is 6. The summed E-state index contributed by atoms with van der Waals surface area (Å²) in [5, 5.41) is 16.8. The van der Waals surface area contributed by atoms with Gasteiger partial charge in [-0.3, -0.25) is 9.59 Å². The highest BCUT2D eigenvalue weighted by Crippen LogP contribution is 2.44. The minimum absolute atomic E-state index is 0.00697. The fourth-order valence-corrected chi connectivity index (χ4v) is 6.25. The molecule has 14 heteroatoms. The Kier molecular flexibility index (Phi) is 16.0. The number of methoxy groups -OCH3 is 1. The third-order valence-electron chi connectivity index (χ3n) is 9.47. The molecule has 0 radical (unpaired) electrons. The van der Waals surface area contributed by atoms with Crippen molar-refractivity contribution in [2.24, 2.45) is 5.92 Å². The third kappa shape index (κ3) is 11.5. The number of halogens is 2. The number of carbonyl (C=O) groups is 3. The Balaban J connectivity index is 1.54. The van der Waals surface area contributed by atoms with Crippen molar-refractivity contribution >= 4 is 17.8 Å². The Bertz CT molecular complexity index is 1870. The van der Waals surface area contributed by atoms with Gasteiger partial charge in [-0.05, 0) is 22.3 Å². The predicted molar refractivity (Wildman–Crippen MR) is 208 cm³/mol. The van der Waals surface area contributed by atoms with Crippen LogP contribution in [-0.2, 0) is 69.2 Å². The van der Waals surface area contributed by atoms with Crippen molar-refractivity contribution in [3.05, 3.63) is 144 Å². The van der Waals surface area contributed by atoms with Crippen LogP contribution in [0.25, 0.3) is 0 Å². The van der Waals surface area contributed by atoms with E-state index >= 15 is 8.78 Å². The number of alkyl halides is 2. The monoisotopic (exact) mass is 804 g/mol. The van der Waals surface area contributed by atoms with Gasteiger partial charge in [0.2, 0.25) is 5.91 Å². The minimum Gasteiger partial charge on any atom is -0.467 e. The van der Waals surface area contributed by atoms with Crippen LogP contribution in [0.4, 0.5) is 8.78 Å². The summed E-state index contributed by atoms with van der Waals surface area (Å²) in [5.74, 6) is -12.7. The van der Waals surface area contributed by atoms with E-state index in [4.69, 9.17) is 28.4 Å². The van der Waals surface area contributed by atoms with E-state index < -0.39 is 72.4 Å². The van der Waals surface area contributed by atoms with E-state index in [9.17, 15) is 19.5 Å². The molecule has 1 aliphatic rings. The summed E-state index contributed by atoms with van der Waals surface area (Å²) >= 11 is 0. The van der Waals surface area contributed by atoms with E-state index in [0.29, 0.717) is 11.1 Å². The van der Waals surface area contributed by atoms with Crippen molar-refractivity contribution in [2.75, 3.05) is 20.3 Å². The highest BCUT2D eigenvalue weighted by Gasteiger charge is 2.71. The SMILES string of the molecule is COC(=O)[C@H](CNC(=O)C(F)(F)[C@]1(O)O[C@H](COCc2ccccc2)[C@H](OCc2ccccc2)[C@H](OCc2ccccc2)[C@H]1OCc1ccccc1)NC(=O)C(C)C. The van der Waals surface area contributed by atoms with Crippen molar-refractivity contribution in [3.63, 3.8) is 0 Å². The molecule has 0 bridgehead atoms. The number of hydrogen-bond donors (Lipinski definition) is 3. The Morgan fingerprint density at radius 3 is 1.64 bits per heavy atom. The Labute approximate surface area is 336 Å². The van der Waals surface area contributed by atoms with Crippen LogP contribution in [0.2, 0.25) is 0 Å². The summed E-state index contributed by atoms with van der Waals surface area (Å²) in [7, 11) is 1.05. The highest BCUT2D eigenvalue weighted by atomic mass is 19.3. The standard InChI is InChI=1S/C44H50F2N2O10/c1-30(2)40(49)48-35(41(50)53-3)24-47-42(51)43(45,46)44(52)39(57-28-34-22-14-7-15-23-34)38(56-27-33-20-12-6-13-21-33)37(55-26-32-18-10-5-11-19-32)36(58-44)29-54-25-31-16-8-4-9-17-31/h4-23,30,35-39,52H,24-29H2,1-3H3,(H,47,51)(H,48,49)/t35-,36+,37-,38-,39+,44+/m0/s1. The molecule has 1 saturated heterocycles. The fraction of sp³-hybridized carbons (Fsp3) is 0.386. The van der Waals surface area contributed by atoms with Crippen molar-refractivity contribution in [1.82, 2.24) is 10.6 Å². The largest absolute Gasteiger partial charge is 0.467 e. The molecule has 0 spiro atoms. The van der Waals surface area contributed by atoms with Gasteiger partial charge >= 0.3 is 11.9 Å². The highest BCUT2D eigenvalue weighted by molar-refractivity contribution is 5.88. The molecule has 1 fully saturated rings. The number of amides is 2. The minimum atomic E-state index is -4.78. The maximum atomic E-state index is 17.1. The van der Waals surface area contributed by atoms with Gasteiger partial charge in [0, 0.05) is 12.5 Å². The molecule has 6 atom stereocenters. The second kappa shape index (κ2) is 21.1. The normalized spacial score (nSPS) is 21.2. The van der Waals surface area contributed by atoms with E-state index in [1.165, 1.54) is 0 Å². The number of rotatable bonds is 20. The van der Waals surface area contributed by atoms with Crippen LogP contribution >= 0.6 is 0 Å². The van der Waals surface area contributed by atoms with Gasteiger partial charge < -0.3 is 44.2 Å². The average Bonchev–Trinajstić information content (AvgIpc) is 3.24. The lowest BCUT2D eigenvalue weighted by atomic mass is 9.87. The second-order valence-electron chi connectivity index (χ2n) is 14.1. The third-order valence-corrected chi connectivity index (χ3v) is 9.47. The molecule has 310 valence electrons. The maximum Gasteiger partial charge on any atom is 0.379 e. The molecule has 1 heterocycles. The molecular formula is C44H50F2N2O10. The van der Waals surface area contributed by atoms with Crippen LogP contribution < -0.4 is 10.6 Å². The summed E-state index contributed by atoms with van der Waals surface area (Å²) in [6.45, 7) is 1.58. The van der Waals surface area contributed by atoms with Crippen LogP contribution in [0, 0.1) is 5.92 Å². The fourth-order valence-electron chi connectivity index (χ4n) is 6.25. The van der Waals surface area contributed by atoms with Gasteiger partial charge in [-0.15, -0.1) is 0 Å². The van der Waals surface area contributed by atoms with Crippen LogP contribution in [-0.4, -0.2) is 85.3 Å². The molecule has 0 saturated carbocycles. The zero-order valence-electron chi connectivity index (χ0n) is 32.6. The molecule has 12 nitrogen and oxygen atoms in total. The van der Waals surface area contributed by atoms with Gasteiger partial charge in [0.1, 0.15) is 30.5 Å². The van der Waals surface area contributed by atoms with Gasteiger partial charge in [0.15, 0.2) is 0 Å². The first-order valence-corrected chi connectivity index (χ1v) is 19.0. The summed E-state index contributed by atoms with van der Waals surface area (Å²) in [6.07, 6.45) is -6.22. The lowest BCUT2D eigenvalue weighted by Gasteiger charge is -2.51. The molecule has 1 aliphatic heterocycles. The van der Waals surface area contributed by atoms with E-state index in [-0.39, 0.29) is 33.0 Å². The molecule has 3 N–H and O–H groups in total. The molecule has 5 rings (SSSR count). The molecule has 4 aromatic rings. The second-order valence-corrected chi connectivity index (χ2v) is 14.1. The van der Waals surface area contributed by atoms with Crippen LogP contribution in [0.1, 0.15) is 36.1 Å². The average molecular weight is 805 g/mol. The van der Waals surface area contributed by atoms with Crippen LogP contribution in [0.5, 0.6) is 0 Å². The van der Waals surface area contributed by atoms with Crippen molar-refractivity contribution < 1.29 is 56.7 Å². The summed E-state index contributed by atoms with van der Waals surface area (Å²) < 4.78 is 69.9. The molecular weight excluding hydrogens is 754 g/mol. The predicted octanol–water partition coefficient (Wildman–Crippen LogP) is 5.11. The van der Waals surface area contributed by atoms with Gasteiger partial charge in [-0.1, -0.05) is 135 Å². The number of benzene rings is 4. The number of esters is 1. The number of hydrogen-bond acceptors (Lipinski definition) is 10. The van der Waals surface area contributed by atoms with Gasteiger partial charge in [-0.2, -0.15) is 8.78 Å². The quantitative estimate of drug-likeness (QED) is 0.103. The number of nitrogens with one attached hydrogen (secondary N) is 2. The lowest BCUT2D eigenvalue weighted by Crippen LogP contribution is -2.75. The van der Waals surface area contributed by atoms with Crippen molar-refractivity contribution in [2.45, 2.75) is 82.4 Å². The lowest BCUT2D eigenvalue weighted by molar-refractivity contribution is -0.415. The summed E-state index contributed by atoms with van der Waals surface area (Å²) in [6, 6.07) is 34.3. The molecule has 0 unspecified atom stereocenters. The maximum absolute atomic E-state index is 17.1. The molecule has 58 heavy (non-hydrogen) atoms. The van der Waals surface area contributed by atoms with Gasteiger partial charge in [0.25, 0.3) is 11.7 Å². The first-order chi connectivity index (χ1) is 27.9. The Morgan fingerprint density at radius 1 is 0.724 bits per heavy atom. The Hall–Kier alpha value is -5.09. The molecule has 0 aliphatic carbocycles. The first kappa shape index (κ1) is 44.0. The van der Waals surface area contributed by atoms with Crippen molar-refractivity contribution in [3.8, 4) is 0 Å². The Morgan fingerprint density at radius 2 is 1.17 bits per heavy atom. The summed E-state index contributed by atoms with van der Waals surface area (Å²) in [5.41, 5.74) is 2.78.